The third kappa shape index (κ3) is 3.37. The summed E-state index contributed by atoms with van der Waals surface area (Å²) in [4.78, 5) is 12.5. The van der Waals surface area contributed by atoms with Crippen molar-refractivity contribution in [2.75, 3.05) is 11.5 Å². The van der Waals surface area contributed by atoms with Crippen molar-refractivity contribution in [2.45, 2.75) is 6.42 Å². The summed E-state index contributed by atoms with van der Waals surface area (Å²) in [6, 6.07) is 3.76. The number of hydrazone groups is 1. The van der Waals surface area contributed by atoms with Gasteiger partial charge < -0.3 is 0 Å². The van der Waals surface area contributed by atoms with Crippen LogP contribution >= 0.6 is 11.3 Å². The highest BCUT2D eigenvalue weighted by Gasteiger charge is 2.32. The van der Waals surface area contributed by atoms with E-state index in [1.54, 1.807) is 6.21 Å². The first-order chi connectivity index (χ1) is 8.07. The summed E-state index contributed by atoms with van der Waals surface area (Å²) in [5.41, 5.74) is 2.37. The summed E-state index contributed by atoms with van der Waals surface area (Å²) in [7, 11) is -3.02. The van der Waals surface area contributed by atoms with Crippen molar-refractivity contribution in [3.05, 3.63) is 22.4 Å². The fourth-order valence-electron chi connectivity index (χ4n) is 1.62. The second-order valence-corrected chi connectivity index (χ2v) is 7.06. The molecule has 0 unspecified atom stereocenters. The van der Waals surface area contributed by atoms with Crippen LogP contribution in [-0.2, 0) is 14.6 Å². The lowest BCUT2D eigenvalue weighted by Gasteiger charge is -2.04. The van der Waals surface area contributed by atoms with Crippen LogP contribution in [0.3, 0.4) is 0 Å². The number of hydrogen-bond donors (Lipinski definition) is 1. The van der Waals surface area contributed by atoms with Crippen molar-refractivity contribution in [3.8, 4) is 0 Å². The SMILES string of the molecule is O=C(N/N=C\c1cccs1)[C@H]1CCS(=O)(=O)C1. The molecular formula is C10H12N2O3S2. The van der Waals surface area contributed by atoms with Gasteiger partial charge in [0.2, 0.25) is 5.91 Å². The Morgan fingerprint density at radius 3 is 3.00 bits per heavy atom. The lowest BCUT2D eigenvalue weighted by Crippen LogP contribution is -2.27. The van der Waals surface area contributed by atoms with E-state index in [4.69, 9.17) is 0 Å². The van der Waals surface area contributed by atoms with Crippen molar-refractivity contribution in [1.82, 2.24) is 5.43 Å². The summed E-state index contributed by atoms with van der Waals surface area (Å²) in [6.07, 6.45) is 1.94. The molecule has 7 heteroatoms. The van der Waals surface area contributed by atoms with Crippen molar-refractivity contribution >= 4 is 33.3 Å². The standard InChI is InChI=1S/C10H12N2O3S2/c13-10(8-3-5-17(14,15)7-8)12-11-6-9-2-1-4-16-9/h1-2,4,6,8H,3,5,7H2,(H,12,13)/b11-6-/t8-/m0/s1. The van der Waals surface area contributed by atoms with E-state index in [1.165, 1.54) is 11.3 Å². The number of nitrogens with one attached hydrogen (secondary N) is 1. The van der Waals surface area contributed by atoms with Crippen LogP contribution in [-0.4, -0.2) is 32.0 Å². The molecule has 0 aromatic carbocycles. The molecule has 2 rings (SSSR count). The van der Waals surface area contributed by atoms with E-state index in [2.05, 4.69) is 10.5 Å². The first-order valence-corrected chi connectivity index (χ1v) is 7.84. The van der Waals surface area contributed by atoms with E-state index in [0.717, 1.165) is 4.88 Å². The average molecular weight is 272 g/mol. The molecule has 0 radical (unpaired) electrons. The smallest absolute Gasteiger partial charge is 0.244 e. The second-order valence-electron chi connectivity index (χ2n) is 3.85. The quantitative estimate of drug-likeness (QED) is 0.648. The van der Waals surface area contributed by atoms with Crippen LogP contribution in [0.1, 0.15) is 11.3 Å². The molecule has 17 heavy (non-hydrogen) atoms. The van der Waals surface area contributed by atoms with Gasteiger partial charge in [0.15, 0.2) is 9.84 Å². The van der Waals surface area contributed by atoms with Crippen molar-refractivity contribution in [3.63, 3.8) is 0 Å². The molecule has 1 aliphatic heterocycles. The normalized spacial score (nSPS) is 22.9. The summed E-state index contributed by atoms with van der Waals surface area (Å²) in [6.45, 7) is 0. The number of carbonyl (C=O) groups excluding carboxylic acids is 1. The molecule has 1 fully saturated rings. The van der Waals surface area contributed by atoms with Gasteiger partial charge in [-0.25, -0.2) is 13.8 Å². The van der Waals surface area contributed by atoms with E-state index in [-0.39, 0.29) is 17.4 Å². The highest BCUT2D eigenvalue weighted by molar-refractivity contribution is 7.91. The maximum Gasteiger partial charge on any atom is 0.244 e. The zero-order valence-electron chi connectivity index (χ0n) is 9.00. The highest BCUT2D eigenvalue weighted by Crippen LogP contribution is 2.18. The molecule has 0 saturated carbocycles. The fourth-order valence-corrected chi connectivity index (χ4v) is 3.94. The molecule has 0 spiro atoms. The third-order valence-corrected chi connectivity index (χ3v) is 5.09. The van der Waals surface area contributed by atoms with E-state index in [0.29, 0.717) is 6.42 Å². The first kappa shape index (κ1) is 12.3. The van der Waals surface area contributed by atoms with Crippen LogP contribution in [0.5, 0.6) is 0 Å². The molecule has 1 aromatic rings. The molecular weight excluding hydrogens is 260 g/mol. The van der Waals surface area contributed by atoms with Gasteiger partial charge in [-0.3, -0.25) is 4.79 Å². The van der Waals surface area contributed by atoms with Crippen LogP contribution in [0.25, 0.3) is 0 Å². The highest BCUT2D eigenvalue weighted by atomic mass is 32.2. The molecule has 5 nitrogen and oxygen atoms in total. The van der Waals surface area contributed by atoms with Gasteiger partial charge in [-0.05, 0) is 17.9 Å². The van der Waals surface area contributed by atoms with Crippen LogP contribution in [0.2, 0.25) is 0 Å². The van der Waals surface area contributed by atoms with Gasteiger partial charge in [-0.15, -0.1) is 11.3 Å². The van der Waals surface area contributed by atoms with Gasteiger partial charge in [-0.1, -0.05) is 6.07 Å². The summed E-state index contributed by atoms with van der Waals surface area (Å²) in [5, 5.41) is 5.71. The average Bonchev–Trinajstić information content (AvgIpc) is 2.87. The van der Waals surface area contributed by atoms with Crippen molar-refractivity contribution in [1.29, 1.82) is 0 Å². The molecule has 1 aromatic heterocycles. The molecule has 1 saturated heterocycles. The fraction of sp³-hybridized carbons (Fsp3) is 0.400. The Hall–Kier alpha value is -1.21. The number of carbonyl (C=O) groups is 1. The van der Waals surface area contributed by atoms with E-state index in [1.807, 2.05) is 17.5 Å². The number of amides is 1. The Labute approximate surface area is 103 Å². The summed E-state index contributed by atoms with van der Waals surface area (Å²) in [5.74, 6) is -0.744. The number of hydrogen-bond acceptors (Lipinski definition) is 5. The number of nitrogens with zero attached hydrogens (tertiary/aromatic N) is 1. The van der Waals surface area contributed by atoms with E-state index < -0.39 is 15.8 Å². The van der Waals surface area contributed by atoms with Gasteiger partial charge in [0.25, 0.3) is 0 Å². The van der Waals surface area contributed by atoms with E-state index >= 15 is 0 Å². The van der Waals surface area contributed by atoms with Crippen LogP contribution in [0.4, 0.5) is 0 Å². The van der Waals surface area contributed by atoms with Crippen LogP contribution in [0, 0.1) is 5.92 Å². The van der Waals surface area contributed by atoms with Gasteiger partial charge in [0.05, 0.1) is 23.6 Å². The Morgan fingerprint density at radius 1 is 1.59 bits per heavy atom. The molecule has 1 N–H and O–H groups in total. The summed E-state index contributed by atoms with van der Waals surface area (Å²) < 4.78 is 22.4. The van der Waals surface area contributed by atoms with Crippen molar-refractivity contribution < 1.29 is 13.2 Å². The number of thiophene rings is 1. The predicted molar refractivity (Wildman–Crippen MR) is 66.8 cm³/mol. The number of rotatable bonds is 3. The first-order valence-electron chi connectivity index (χ1n) is 5.14. The van der Waals surface area contributed by atoms with Gasteiger partial charge in [0.1, 0.15) is 0 Å². The lowest BCUT2D eigenvalue weighted by molar-refractivity contribution is -0.124. The minimum absolute atomic E-state index is 0.0621. The maximum atomic E-state index is 11.6. The lowest BCUT2D eigenvalue weighted by atomic mass is 10.1. The maximum absolute atomic E-state index is 11.6. The second kappa shape index (κ2) is 4.97. The van der Waals surface area contributed by atoms with E-state index in [9.17, 15) is 13.2 Å². The third-order valence-electron chi connectivity index (χ3n) is 2.51. The Bertz CT molecular complexity index is 520. The molecule has 2 heterocycles. The molecule has 1 amide bonds. The van der Waals surface area contributed by atoms with Gasteiger partial charge in [-0.2, -0.15) is 5.10 Å². The molecule has 0 bridgehead atoms. The largest absolute Gasteiger partial charge is 0.273 e. The minimum atomic E-state index is -3.02. The predicted octanol–water partition coefficient (Wildman–Crippen LogP) is 0.633. The monoisotopic (exact) mass is 272 g/mol. The Balaban J connectivity index is 1.86. The molecule has 1 aliphatic rings. The summed E-state index contributed by atoms with van der Waals surface area (Å²) >= 11 is 1.51. The van der Waals surface area contributed by atoms with Crippen molar-refractivity contribution in [2.24, 2.45) is 11.0 Å². The van der Waals surface area contributed by atoms with Gasteiger partial charge >= 0.3 is 0 Å². The Kier molecular flexibility index (Phi) is 3.58. The van der Waals surface area contributed by atoms with Crippen LogP contribution < -0.4 is 5.43 Å². The van der Waals surface area contributed by atoms with Gasteiger partial charge in [0, 0.05) is 4.88 Å². The molecule has 0 aliphatic carbocycles. The topological polar surface area (TPSA) is 75.6 Å². The Morgan fingerprint density at radius 2 is 2.41 bits per heavy atom. The number of sulfone groups is 1. The molecule has 92 valence electrons. The zero-order valence-corrected chi connectivity index (χ0v) is 10.6. The van der Waals surface area contributed by atoms with Crippen LogP contribution in [0.15, 0.2) is 22.6 Å². The molecule has 1 atom stereocenters. The minimum Gasteiger partial charge on any atom is -0.273 e. The zero-order chi connectivity index (χ0) is 12.3.